The van der Waals surface area contributed by atoms with E-state index >= 15 is 0 Å². The average Bonchev–Trinajstić information content (AvgIpc) is 2.87. The number of halogens is 2. The Balaban J connectivity index is 1.60. The molecule has 0 unspecified atom stereocenters. The molecule has 1 aliphatic heterocycles. The highest BCUT2D eigenvalue weighted by Gasteiger charge is 2.36. The van der Waals surface area contributed by atoms with Crippen LogP contribution >= 0.6 is 11.6 Å². The van der Waals surface area contributed by atoms with Gasteiger partial charge in [-0.1, -0.05) is 23.7 Å². The van der Waals surface area contributed by atoms with Crippen LogP contribution in [-0.2, 0) is 16.2 Å². The van der Waals surface area contributed by atoms with Crippen molar-refractivity contribution in [3.05, 3.63) is 93.8 Å². The van der Waals surface area contributed by atoms with Crippen molar-refractivity contribution in [2.75, 3.05) is 12.0 Å². The molecule has 1 saturated heterocycles. The minimum atomic E-state index is -1.04. The molecule has 9 nitrogen and oxygen atoms in total. The van der Waals surface area contributed by atoms with Crippen molar-refractivity contribution >= 4 is 47.2 Å². The van der Waals surface area contributed by atoms with Gasteiger partial charge in [0.1, 0.15) is 18.0 Å². The van der Waals surface area contributed by atoms with Crippen LogP contribution in [0.25, 0.3) is 6.08 Å². The van der Waals surface area contributed by atoms with Crippen molar-refractivity contribution in [1.82, 2.24) is 5.32 Å². The number of nitrogens with zero attached hydrogens (tertiary/aromatic N) is 1. The first-order valence-corrected chi connectivity index (χ1v) is 11.1. The zero-order valence-corrected chi connectivity index (χ0v) is 19.9. The number of methoxy groups -OCH3 is 1. The van der Waals surface area contributed by atoms with Gasteiger partial charge in [0.05, 0.1) is 23.4 Å². The molecular formula is C26H18ClFN2O7. The van der Waals surface area contributed by atoms with Gasteiger partial charge in [-0.15, -0.1) is 0 Å². The monoisotopic (exact) mass is 524 g/mol. The van der Waals surface area contributed by atoms with E-state index in [1.807, 2.05) is 0 Å². The molecule has 0 spiro atoms. The first-order valence-electron chi connectivity index (χ1n) is 10.7. The number of carboxylic acid groups (broad SMARTS) is 1. The van der Waals surface area contributed by atoms with E-state index in [1.165, 1.54) is 49.6 Å². The van der Waals surface area contributed by atoms with Gasteiger partial charge in [-0.2, -0.15) is 0 Å². The Morgan fingerprint density at radius 3 is 2.38 bits per heavy atom. The van der Waals surface area contributed by atoms with E-state index in [9.17, 15) is 23.6 Å². The third-order valence-electron chi connectivity index (χ3n) is 5.33. The number of carboxylic acids is 1. The summed E-state index contributed by atoms with van der Waals surface area (Å²) in [7, 11) is 1.38. The highest BCUT2D eigenvalue weighted by Crippen LogP contribution is 2.38. The molecule has 0 aliphatic carbocycles. The maximum absolute atomic E-state index is 13.3. The quantitative estimate of drug-likeness (QED) is 0.346. The summed E-state index contributed by atoms with van der Waals surface area (Å²) < 4.78 is 24.4. The van der Waals surface area contributed by atoms with E-state index in [0.29, 0.717) is 11.1 Å². The summed E-state index contributed by atoms with van der Waals surface area (Å²) in [6.07, 6.45) is 1.24. The van der Waals surface area contributed by atoms with Crippen molar-refractivity contribution in [2.24, 2.45) is 0 Å². The summed E-state index contributed by atoms with van der Waals surface area (Å²) in [4.78, 5) is 49.5. The predicted octanol–water partition coefficient (Wildman–Crippen LogP) is 4.43. The normalized spacial score (nSPS) is 14.5. The summed E-state index contributed by atoms with van der Waals surface area (Å²) in [5.41, 5.74) is 0.862. The maximum Gasteiger partial charge on any atom is 0.335 e. The molecule has 1 heterocycles. The van der Waals surface area contributed by atoms with E-state index in [-0.39, 0.29) is 40.0 Å². The largest absolute Gasteiger partial charge is 0.493 e. The molecule has 1 fully saturated rings. The molecule has 188 valence electrons. The summed E-state index contributed by atoms with van der Waals surface area (Å²) in [6.45, 7) is 0.0616. The smallest absolute Gasteiger partial charge is 0.335 e. The number of urea groups is 1. The van der Waals surface area contributed by atoms with Gasteiger partial charge in [0.15, 0.2) is 11.5 Å². The second kappa shape index (κ2) is 10.5. The molecule has 3 aromatic carbocycles. The highest BCUT2D eigenvalue weighted by atomic mass is 35.5. The Bertz CT molecular complexity index is 1440. The van der Waals surface area contributed by atoms with Crippen LogP contribution in [0.3, 0.4) is 0 Å². The maximum atomic E-state index is 13.3. The Morgan fingerprint density at radius 1 is 1.08 bits per heavy atom. The first-order chi connectivity index (χ1) is 17.7. The molecular weight excluding hydrogens is 507 g/mol. The number of aromatic carboxylic acids is 1. The SMILES string of the molecule is COc1cc(/C=C2\C(=O)NC(=O)N(c3ccc(F)cc3)C2=O)cc(Cl)c1OCc1ccc(C(=O)O)cc1. The molecule has 11 heteroatoms. The van der Waals surface area contributed by atoms with Crippen LogP contribution < -0.4 is 19.7 Å². The van der Waals surface area contributed by atoms with Gasteiger partial charge in [0.25, 0.3) is 11.8 Å². The van der Waals surface area contributed by atoms with Gasteiger partial charge < -0.3 is 14.6 Å². The second-order valence-corrected chi connectivity index (χ2v) is 8.17. The van der Waals surface area contributed by atoms with Crippen LogP contribution in [0.1, 0.15) is 21.5 Å². The molecule has 0 bridgehead atoms. The lowest BCUT2D eigenvalue weighted by atomic mass is 10.1. The molecule has 37 heavy (non-hydrogen) atoms. The van der Waals surface area contributed by atoms with Gasteiger partial charge >= 0.3 is 12.0 Å². The average molecular weight is 525 g/mol. The minimum absolute atomic E-state index is 0.0616. The van der Waals surface area contributed by atoms with Gasteiger partial charge in [0, 0.05) is 0 Å². The van der Waals surface area contributed by atoms with Crippen molar-refractivity contribution in [2.45, 2.75) is 6.61 Å². The molecule has 0 saturated carbocycles. The minimum Gasteiger partial charge on any atom is -0.493 e. The molecule has 4 rings (SSSR count). The fourth-order valence-electron chi connectivity index (χ4n) is 3.51. The summed E-state index contributed by atoms with van der Waals surface area (Å²) in [5, 5.41) is 11.2. The first kappa shape index (κ1) is 25.4. The number of anilines is 1. The Hall–Kier alpha value is -4.70. The van der Waals surface area contributed by atoms with Crippen molar-refractivity contribution in [1.29, 1.82) is 0 Å². The van der Waals surface area contributed by atoms with Crippen LogP contribution in [0, 0.1) is 5.82 Å². The van der Waals surface area contributed by atoms with Crippen LogP contribution in [0.15, 0.2) is 66.2 Å². The predicted molar refractivity (Wildman–Crippen MR) is 131 cm³/mol. The number of ether oxygens (including phenoxy) is 2. The molecule has 1 aliphatic rings. The van der Waals surface area contributed by atoms with Crippen LogP contribution in [0.5, 0.6) is 11.5 Å². The molecule has 2 N–H and O–H groups in total. The standard InChI is InChI=1S/C26H18ClFN2O7/c1-36-21-12-15(11-20(27)22(21)37-13-14-2-4-16(5-3-14)25(33)34)10-19-23(31)29-26(35)30(24(19)32)18-8-6-17(28)7-9-18/h2-12H,13H2,1H3,(H,33,34)(H,29,31,35)/b19-10+. The molecule has 3 aromatic rings. The number of barbiturate groups is 1. The van der Waals surface area contributed by atoms with E-state index in [2.05, 4.69) is 5.32 Å². The molecule has 0 atom stereocenters. The highest BCUT2D eigenvalue weighted by molar-refractivity contribution is 6.39. The Labute approximate surface area is 214 Å². The summed E-state index contributed by atoms with van der Waals surface area (Å²) >= 11 is 6.40. The van der Waals surface area contributed by atoms with E-state index in [4.69, 9.17) is 26.2 Å². The number of imide groups is 2. The lowest BCUT2D eigenvalue weighted by Gasteiger charge is -2.26. The van der Waals surface area contributed by atoms with Crippen molar-refractivity contribution < 1.29 is 38.1 Å². The number of nitrogens with one attached hydrogen (secondary N) is 1. The second-order valence-electron chi connectivity index (χ2n) is 7.76. The lowest BCUT2D eigenvalue weighted by Crippen LogP contribution is -2.54. The third-order valence-corrected chi connectivity index (χ3v) is 5.61. The fourth-order valence-corrected chi connectivity index (χ4v) is 3.78. The number of hydrogen-bond donors (Lipinski definition) is 2. The number of carbonyl (C=O) groups excluding carboxylic acids is 3. The number of benzene rings is 3. The van der Waals surface area contributed by atoms with Gasteiger partial charge in [-0.3, -0.25) is 14.9 Å². The zero-order chi connectivity index (χ0) is 26.7. The van der Waals surface area contributed by atoms with Crippen LogP contribution in [0.4, 0.5) is 14.9 Å². The number of amides is 4. The van der Waals surface area contributed by atoms with Gasteiger partial charge in [-0.25, -0.2) is 18.9 Å². The Kier molecular flexibility index (Phi) is 7.21. The Morgan fingerprint density at radius 2 is 1.76 bits per heavy atom. The number of rotatable bonds is 7. The zero-order valence-electron chi connectivity index (χ0n) is 19.2. The van der Waals surface area contributed by atoms with E-state index < -0.39 is 29.6 Å². The lowest BCUT2D eigenvalue weighted by molar-refractivity contribution is -0.122. The van der Waals surface area contributed by atoms with Crippen LogP contribution in [-0.4, -0.2) is 36.0 Å². The molecule has 0 aromatic heterocycles. The molecule has 4 amide bonds. The van der Waals surface area contributed by atoms with Crippen molar-refractivity contribution in [3.63, 3.8) is 0 Å². The molecule has 0 radical (unpaired) electrons. The fraction of sp³-hybridized carbons (Fsp3) is 0.0769. The summed E-state index contributed by atoms with van der Waals surface area (Å²) in [6, 6.07) is 12.7. The van der Waals surface area contributed by atoms with Crippen molar-refractivity contribution in [3.8, 4) is 11.5 Å². The van der Waals surface area contributed by atoms with Gasteiger partial charge in [0.2, 0.25) is 0 Å². The summed E-state index contributed by atoms with van der Waals surface area (Å²) in [5.74, 6) is -3.01. The third kappa shape index (κ3) is 5.44. The van der Waals surface area contributed by atoms with E-state index in [1.54, 1.807) is 12.1 Å². The number of carbonyl (C=O) groups is 4. The van der Waals surface area contributed by atoms with Crippen LogP contribution in [0.2, 0.25) is 5.02 Å². The topological polar surface area (TPSA) is 122 Å². The van der Waals surface area contributed by atoms with Gasteiger partial charge in [-0.05, 0) is 65.7 Å². The number of hydrogen-bond acceptors (Lipinski definition) is 6. The van der Waals surface area contributed by atoms with E-state index in [0.717, 1.165) is 17.0 Å².